The lowest BCUT2D eigenvalue weighted by atomic mass is 10.2. The van der Waals surface area contributed by atoms with Crippen LogP contribution in [0.25, 0.3) is 11.2 Å². The van der Waals surface area contributed by atoms with E-state index in [-0.39, 0.29) is 16.1 Å². The van der Waals surface area contributed by atoms with Crippen molar-refractivity contribution in [3.8, 4) is 0 Å². The van der Waals surface area contributed by atoms with Crippen LogP contribution in [0.2, 0.25) is 0 Å². The van der Waals surface area contributed by atoms with Gasteiger partial charge in [-0.3, -0.25) is 14.3 Å². The Morgan fingerprint density at radius 2 is 2.11 bits per heavy atom. The summed E-state index contributed by atoms with van der Waals surface area (Å²) in [5.41, 5.74) is 1.43. The van der Waals surface area contributed by atoms with E-state index in [4.69, 9.17) is 12.2 Å². The van der Waals surface area contributed by atoms with Crippen LogP contribution >= 0.6 is 12.2 Å². The molecule has 0 saturated heterocycles. The number of benzene rings is 1. The number of nitrogens with one attached hydrogen (secondary N) is 2. The van der Waals surface area contributed by atoms with E-state index >= 15 is 0 Å². The molecule has 96 valence electrons. The predicted octanol–water partition coefficient (Wildman–Crippen LogP) is 1.97. The number of imidazole rings is 1. The third-order valence-electron chi connectivity index (χ3n) is 2.82. The van der Waals surface area contributed by atoms with Gasteiger partial charge in [0.25, 0.3) is 5.56 Å². The van der Waals surface area contributed by atoms with Crippen LogP contribution in [-0.4, -0.2) is 19.5 Å². The number of rotatable bonds is 2. The quantitative estimate of drug-likeness (QED) is 0.704. The maximum atomic E-state index is 12.9. The third kappa shape index (κ3) is 2.08. The zero-order chi connectivity index (χ0) is 13.4. The second-order valence-corrected chi connectivity index (χ2v) is 4.46. The van der Waals surface area contributed by atoms with Crippen LogP contribution in [0.4, 0.5) is 4.39 Å². The molecular weight excluding hydrogens is 269 g/mol. The lowest BCUT2D eigenvalue weighted by Crippen LogP contribution is -2.15. The number of fused-ring (bicyclic) bond motifs is 1. The first kappa shape index (κ1) is 11.8. The molecule has 2 N–H and O–H groups in total. The average Bonchev–Trinajstić information content (AvgIpc) is 2.86. The second kappa shape index (κ2) is 4.43. The van der Waals surface area contributed by atoms with Gasteiger partial charge in [0.1, 0.15) is 11.3 Å². The zero-order valence-corrected chi connectivity index (χ0v) is 10.5. The van der Waals surface area contributed by atoms with Crippen molar-refractivity contribution in [1.29, 1.82) is 0 Å². The summed E-state index contributed by atoms with van der Waals surface area (Å²) in [4.78, 5) is 21.1. The van der Waals surface area contributed by atoms with Crippen LogP contribution in [0, 0.1) is 10.6 Å². The number of halogens is 1. The molecule has 0 atom stereocenters. The number of hydrogen-bond acceptors (Lipinski definition) is 3. The summed E-state index contributed by atoms with van der Waals surface area (Å²) in [6, 6.07) is 6.10. The van der Waals surface area contributed by atoms with Crippen molar-refractivity contribution in [2.45, 2.75) is 6.54 Å². The number of H-pyrrole nitrogens is 2. The van der Waals surface area contributed by atoms with Gasteiger partial charge in [0.05, 0.1) is 12.9 Å². The van der Waals surface area contributed by atoms with E-state index in [1.54, 1.807) is 16.7 Å². The Balaban J connectivity index is 2.15. The standard InChI is InChI=1S/C12H9FN4OS/c13-8-3-1-7(2-4-8)5-17-10-9(14-6-15-10)11(18)16-12(17)19/h1-4,6H,5H2,(H,14,15)(H,16,18,19)/i12+2. The summed E-state index contributed by atoms with van der Waals surface area (Å²) in [6.45, 7) is 0.414. The lowest BCUT2D eigenvalue weighted by molar-refractivity contribution is 0.626. The molecular formula is C12H9FN4OS. The van der Waals surface area contributed by atoms with Crippen molar-refractivity contribution in [3.63, 3.8) is 0 Å². The lowest BCUT2D eigenvalue weighted by Gasteiger charge is -2.07. The van der Waals surface area contributed by atoms with Crippen LogP contribution in [0.3, 0.4) is 0 Å². The molecule has 0 saturated carbocycles. The maximum Gasteiger partial charge on any atom is 0.277 e. The third-order valence-corrected chi connectivity index (χ3v) is 3.14. The molecule has 0 bridgehead atoms. The van der Waals surface area contributed by atoms with E-state index in [1.807, 2.05) is 0 Å². The predicted molar refractivity (Wildman–Crippen MR) is 71.0 cm³/mol. The molecule has 0 amide bonds. The van der Waals surface area contributed by atoms with Crippen molar-refractivity contribution in [3.05, 3.63) is 57.1 Å². The molecule has 5 nitrogen and oxygen atoms in total. The SMILES string of the molecule is O=c1[nH][14c](=S)n(Cc2ccc(F)cc2)c2nc[nH]c12. The molecule has 0 unspecified atom stereocenters. The van der Waals surface area contributed by atoms with E-state index < -0.39 is 0 Å². The summed E-state index contributed by atoms with van der Waals surface area (Å²) < 4.78 is 14.8. The Hall–Kier alpha value is -2.28. The highest BCUT2D eigenvalue weighted by Crippen LogP contribution is 2.09. The summed E-state index contributed by atoms with van der Waals surface area (Å²) in [6.07, 6.45) is 1.44. The first-order valence-corrected chi connectivity index (χ1v) is 5.96. The fourth-order valence-corrected chi connectivity index (χ4v) is 2.14. The number of nitrogens with zero attached hydrogens (tertiary/aromatic N) is 2. The molecule has 0 aliphatic rings. The van der Waals surface area contributed by atoms with E-state index in [0.29, 0.717) is 17.7 Å². The number of hydrogen-bond donors (Lipinski definition) is 2. The van der Waals surface area contributed by atoms with Crippen LogP contribution < -0.4 is 5.56 Å². The molecule has 3 aromatic rings. The molecule has 19 heavy (non-hydrogen) atoms. The van der Waals surface area contributed by atoms with Crippen molar-refractivity contribution in [2.75, 3.05) is 0 Å². The molecule has 7 heteroatoms. The van der Waals surface area contributed by atoms with Gasteiger partial charge < -0.3 is 4.98 Å². The van der Waals surface area contributed by atoms with Crippen molar-refractivity contribution < 1.29 is 4.39 Å². The Bertz CT molecular complexity index is 847. The van der Waals surface area contributed by atoms with E-state index in [2.05, 4.69) is 15.0 Å². The van der Waals surface area contributed by atoms with Crippen molar-refractivity contribution in [2.24, 2.45) is 0 Å². The minimum absolute atomic E-state index is 0.286. The summed E-state index contributed by atoms with van der Waals surface area (Å²) in [5.74, 6) is -0.293. The first-order valence-electron chi connectivity index (χ1n) is 5.56. The van der Waals surface area contributed by atoms with Gasteiger partial charge in [-0.25, -0.2) is 9.37 Å². The molecule has 2 aromatic heterocycles. The van der Waals surface area contributed by atoms with Gasteiger partial charge in [-0.05, 0) is 29.9 Å². The fourth-order valence-electron chi connectivity index (χ4n) is 1.90. The summed E-state index contributed by atoms with van der Waals surface area (Å²) in [5, 5.41) is 0. The average molecular weight is 278 g/mol. The van der Waals surface area contributed by atoms with Gasteiger partial charge in [0, 0.05) is 0 Å². The minimum atomic E-state index is -0.298. The Kier molecular flexibility index (Phi) is 2.75. The van der Waals surface area contributed by atoms with E-state index in [1.165, 1.54) is 18.5 Å². The maximum absolute atomic E-state index is 12.9. The van der Waals surface area contributed by atoms with Gasteiger partial charge in [0.15, 0.2) is 10.4 Å². The van der Waals surface area contributed by atoms with Gasteiger partial charge >= 0.3 is 0 Å². The van der Waals surface area contributed by atoms with Crippen LogP contribution in [0.1, 0.15) is 5.56 Å². The van der Waals surface area contributed by atoms with E-state index in [9.17, 15) is 9.18 Å². The highest BCUT2D eigenvalue weighted by atomic mass is 32.1. The molecule has 0 fully saturated rings. The highest BCUT2D eigenvalue weighted by Gasteiger charge is 2.08. The minimum Gasteiger partial charge on any atom is -0.339 e. The van der Waals surface area contributed by atoms with Crippen molar-refractivity contribution in [1.82, 2.24) is 19.5 Å². The van der Waals surface area contributed by atoms with Gasteiger partial charge in [-0.15, -0.1) is 0 Å². The molecule has 1 aromatic carbocycles. The zero-order valence-electron chi connectivity index (χ0n) is 9.68. The van der Waals surface area contributed by atoms with E-state index in [0.717, 1.165) is 5.56 Å². The smallest absolute Gasteiger partial charge is 0.277 e. The van der Waals surface area contributed by atoms with Crippen LogP contribution in [0.5, 0.6) is 0 Å². The molecule has 2 heterocycles. The molecule has 0 spiro atoms. The molecule has 0 aliphatic heterocycles. The summed E-state index contributed by atoms with van der Waals surface area (Å²) in [7, 11) is 0. The second-order valence-electron chi connectivity index (χ2n) is 4.07. The largest absolute Gasteiger partial charge is 0.339 e. The van der Waals surface area contributed by atoms with Crippen molar-refractivity contribution >= 4 is 23.4 Å². The Morgan fingerprint density at radius 1 is 1.37 bits per heavy atom. The first-order chi connectivity index (χ1) is 9.15. The Morgan fingerprint density at radius 3 is 2.84 bits per heavy atom. The Labute approximate surface area is 111 Å². The normalized spacial score (nSPS) is 11.0. The number of aromatic nitrogens is 4. The van der Waals surface area contributed by atoms with Gasteiger partial charge in [-0.2, -0.15) is 0 Å². The van der Waals surface area contributed by atoms with Crippen LogP contribution in [-0.2, 0) is 6.54 Å². The highest BCUT2D eigenvalue weighted by molar-refractivity contribution is 7.71. The van der Waals surface area contributed by atoms with Gasteiger partial charge in [0.2, 0.25) is 0 Å². The monoisotopic (exact) mass is 278 g/mol. The van der Waals surface area contributed by atoms with Crippen LogP contribution in [0.15, 0.2) is 35.4 Å². The molecule has 0 aliphatic carbocycles. The number of aromatic amines is 2. The summed E-state index contributed by atoms with van der Waals surface area (Å²) >= 11 is 5.14. The molecule has 3 rings (SSSR count). The topological polar surface area (TPSA) is 66.5 Å². The molecule has 0 radical (unpaired) electrons. The fraction of sp³-hybridized carbons (Fsp3) is 0.0833. The van der Waals surface area contributed by atoms with Gasteiger partial charge in [-0.1, -0.05) is 12.1 Å².